The van der Waals surface area contributed by atoms with E-state index in [4.69, 9.17) is 0 Å². The molecule has 0 saturated heterocycles. The van der Waals surface area contributed by atoms with E-state index in [0.29, 0.717) is 0 Å². The van der Waals surface area contributed by atoms with Crippen LogP contribution in [0.15, 0.2) is 0 Å². The van der Waals surface area contributed by atoms with Crippen molar-refractivity contribution < 1.29 is 43.2 Å². The first-order valence-corrected chi connectivity index (χ1v) is 7.46. The number of rotatable bonds is 4. The zero-order valence-corrected chi connectivity index (χ0v) is 10.3. The maximum atomic E-state index is 12.1. The second-order valence-electron chi connectivity index (χ2n) is 3.25. The average molecular weight is 322 g/mol. The number of halogens is 6. The molecular weight excluding hydrogens is 314 g/mol. The van der Waals surface area contributed by atoms with Gasteiger partial charge in [-0.3, -0.25) is 0 Å². The molecule has 0 N–H and O–H groups in total. The van der Waals surface area contributed by atoms with Gasteiger partial charge in [0.05, 0.1) is 11.0 Å². The van der Waals surface area contributed by atoms with Crippen LogP contribution in [0.4, 0.5) is 26.3 Å². The van der Waals surface area contributed by atoms with E-state index < -0.39 is 48.1 Å². The number of sulfone groups is 2. The van der Waals surface area contributed by atoms with Crippen molar-refractivity contribution in [2.24, 2.45) is 0 Å². The fourth-order valence-corrected chi connectivity index (χ4v) is 3.94. The molecule has 1 atom stereocenters. The van der Waals surface area contributed by atoms with Crippen LogP contribution in [-0.4, -0.2) is 38.9 Å². The smallest absolute Gasteiger partial charge is 0.220 e. The Hall–Kier alpha value is -0.520. The van der Waals surface area contributed by atoms with Crippen molar-refractivity contribution in [2.45, 2.75) is 29.6 Å². The summed E-state index contributed by atoms with van der Waals surface area (Å²) in [5, 5.41) is -2.68. The third-order valence-electron chi connectivity index (χ3n) is 1.97. The van der Waals surface area contributed by atoms with E-state index in [2.05, 4.69) is 0 Å². The Kier molecular flexibility index (Phi) is 4.73. The standard InChI is InChI=1S/C6H8F6O4S2/c1-2-4(18(15,16)6(10,11)12)3-17(13,14)5(7,8)9/h4H,2-3H2,1H3. The summed E-state index contributed by atoms with van der Waals surface area (Å²) in [6.07, 6.45) is -0.906. The minimum absolute atomic E-state index is 0.847. The molecule has 0 aromatic heterocycles. The zero-order chi connectivity index (χ0) is 15.0. The van der Waals surface area contributed by atoms with Gasteiger partial charge in [-0.15, -0.1) is 0 Å². The van der Waals surface area contributed by atoms with E-state index in [1.165, 1.54) is 0 Å². The highest BCUT2D eigenvalue weighted by atomic mass is 32.2. The molecule has 0 radical (unpaired) electrons. The molecule has 18 heavy (non-hydrogen) atoms. The van der Waals surface area contributed by atoms with Crippen molar-refractivity contribution in [3.63, 3.8) is 0 Å². The van der Waals surface area contributed by atoms with Crippen molar-refractivity contribution in [3.05, 3.63) is 0 Å². The van der Waals surface area contributed by atoms with E-state index in [0.717, 1.165) is 6.92 Å². The number of alkyl halides is 6. The molecular formula is C6H8F6O4S2. The molecule has 4 nitrogen and oxygen atoms in total. The summed E-state index contributed by atoms with van der Waals surface area (Å²) in [6, 6.07) is 0. The van der Waals surface area contributed by atoms with Crippen LogP contribution < -0.4 is 0 Å². The average Bonchev–Trinajstić information content (AvgIpc) is 2.10. The van der Waals surface area contributed by atoms with Crippen molar-refractivity contribution in [3.8, 4) is 0 Å². The van der Waals surface area contributed by atoms with Crippen molar-refractivity contribution in [1.82, 2.24) is 0 Å². The Morgan fingerprint density at radius 1 is 0.889 bits per heavy atom. The number of hydrogen-bond donors (Lipinski definition) is 0. The molecule has 0 heterocycles. The third-order valence-corrected chi connectivity index (χ3v) is 5.76. The topological polar surface area (TPSA) is 68.3 Å². The third kappa shape index (κ3) is 3.49. The summed E-state index contributed by atoms with van der Waals surface area (Å²) >= 11 is 0. The normalized spacial score (nSPS) is 16.6. The lowest BCUT2D eigenvalue weighted by Gasteiger charge is -2.18. The molecule has 0 aliphatic rings. The molecule has 0 rings (SSSR count). The monoisotopic (exact) mass is 322 g/mol. The van der Waals surface area contributed by atoms with Gasteiger partial charge >= 0.3 is 11.0 Å². The van der Waals surface area contributed by atoms with Gasteiger partial charge in [-0.05, 0) is 6.42 Å². The maximum Gasteiger partial charge on any atom is 0.497 e. The van der Waals surface area contributed by atoms with Gasteiger partial charge in [0.15, 0.2) is 0 Å². The predicted octanol–water partition coefficient (Wildman–Crippen LogP) is 1.63. The van der Waals surface area contributed by atoms with E-state index >= 15 is 0 Å². The molecule has 0 bridgehead atoms. The second kappa shape index (κ2) is 4.87. The molecule has 110 valence electrons. The second-order valence-corrected chi connectivity index (χ2v) is 7.49. The van der Waals surface area contributed by atoms with Crippen LogP contribution in [0.2, 0.25) is 0 Å². The summed E-state index contributed by atoms with van der Waals surface area (Å²) in [5.41, 5.74) is -11.6. The van der Waals surface area contributed by atoms with Crippen LogP contribution in [-0.2, 0) is 19.7 Å². The van der Waals surface area contributed by atoms with Gasteiger partial charge in [0.2, 0.25) is 9.84 Å². The first-order chi connectivity index (χ1) is 7.67. The fraction of sp³-hybridized carbons (Fsp3) is 1.00. The summed E-state index contributed by atoms with van der Waals surface area (Å²) < 4.78 is 115. The molecule has 0 amide bonds. The SMILES string of the molecule is CCC(CS(=O)(=O)C(F)(F)F)S(=O)(=O)C(F)(F)F. The lowest BCUT2D eigenvalue weighted by atomic mass is 10.4. The van der Waals surface area contributed by atoms with Crippen LogP contribution in [0.5, 0.6) is 0 Å². The Labute approximate surface area is 98.8 Å². The fourth-order valence-electron chi connectivity index (χ4n) is 0.955. The molecule has 0 fully saturated rings. The first-order valence-electron chi connectivity index (χ1n) is 4.26. The Morgan fingerprint density at radius 3 is 1.50 bits per heavy atom. The van der Waals surface area contributed by atoms with Crippen molar-refractivity contribution >= 4 is 19.7 Å². The largest absolute Gasteiger partial charge is 0.497 e. The van der Waals surface area contributed by atoms with Gasteiger partial charge in [0.1, 0.15) is 0 Å². The molecule has 0 aliphatic carbocycles. The molecule has 1 unspecified atom stereocenters. The Morgan fingerprint density at radius 2 is 1.28 bits per heavy atom. The van der Waals surface area contributed by atoms with Crippen LogP contribution in [0.1, 0.15) is 13.3 Å². The minimum atomic E-state index is -5.96. The molecule has 0 spiro atoms. The molecule has 0 aromatic carbocycles. The van der Waals surface area contributed by atoms with Gasteiger partial charge in [-0.2, -0.15) is 26.3 Å². The molecule has 12 heteroatoms. The van der Waals surface area contributed by atoms with E-state index in [-0.39, 0.29) is 0 Å². The minimum Gasteiger partial charge on any atom is -0.220 e. The van der Waals surface area contributed by atoms with E-state index in [1.54, 1.807) is 0 Å². The van der Waals surface area contributed by atoms with Gasteiger partial charge in [-0.25, -0.2) is 16.8 Å². The lowest BCUT2D eigenvalue weighted by Crippen LogP contribution is -2.41. The Balaban J connectivity index is 5.45. The molecule has 0 aliphatic heterocycles. The predicted molar refractivity (Wildman–Crippen MR) is 48.9 cm³/mol. The highest BCUT2D eigenvalue weighted by molar-refractivity contribution is 7.96. The summed E-state index contributed by atoms with van der Waals surface area (Å²) in [5.74, 6) is -2.14. The van der Waals surface area contributed by atoms with Crippen LogP contribution in [0.3, 0.4) is 0 Å². The quantitative estimate of drug-likeness (QED) is 0.738. The summed E-state index contributed by atoms with van der Waals surface area (Å²) in [4.78, 5) is 0. The summed E-state index contributed by atoms with van der Waals surface area (Å²) in [6.45, 7) is 0.847. The van der Waals surface area contributed by atoms with Crippen molar-refractivity contribution in [1.29, 1.82) is 0 Å². The Bertz CT molecular complexity index is 485. The van der Waals surface area contributed by atoms with E-state index in [1.807, 2.05) is 0 Å². The lowest BCUT2D eigenvalue weighted by molar-refractivity contribution is -0.0462. The van der Waals surface area contributed by atoms with Gasteiger partial charge in [0.25, 0.3) is 9.84 Å². The molecule has 0 saturated carbocycles. The zero-order valence-electron chi connectivity index (χ0n) is 8.71. The molecule has 0 aromatic rings. The van der Waals surface area contributed by atoms with Gasteiger partial charge < -0.3 is 0 Å². The first kappa shape index (κ1) is 17.5. The highest BCUT2D eigenvalue weighted by Crippen LogP contribution is 2.32. The highest BCUT2D eigenvalue weighted by Gasteiger charge is 2.54. The van der Waals surface area contributed by atoms with E-state index in [9.17, 15) is 43.2 Å². The summed E-state index contributed by atoms with van der Waals surface area (Å²) in [7, 11) is -11.9. The van der Waals surface area contributed by atoms with Crippen molar-refractivity contribution in [2.75, 3.05) is 5.75 Å². The van der Waals surface area contributed by atoms with Gasteiger partial charge in [0, 0.05) is 0 Å². The van der Waals surface area contributed by atoms with Crippen LogP contribution in [0, 0.1) is 0 Å². The van der Waals surface area contributed by atoms with Gasteiger partial charge in [-0.1, -0.05) is 6.92 Å². The maximum absolute atomic E-state index is 12.1. The van der Waals surface area contributed by atoms with Crippen LogP contribution in [0.25, 0.3) is 0 Å². The number of hydrogen-bond acceptors (Lipinski definition) is 4. The van der Waals surface area contributed by atoms with Crippen LogP contribution >= 0.6 is 0 Å².